The Hall–Kier alpha value is 0. The van der Waals surface area contributed by atoms with Gasteiger partial charge in [0, 0.05) is 0 Å². The van der Waals surface area contributed by atoms with E-state index < -0.39 is 0 Å². The third-order valence-corrected chi connectivity index (χ3v) is 3.93. The summed E-state index contributed by atoms with van der Waals surface area (Å²) < 4.78 is 0. The van der Waals surface area contributed by atoms with Gasteiger partial charge in [-0.25, -0.2) is 0 Å². The van der Waals surface area contributed by atoms with Crippen LogP contribution in [0.4, 0.5) is 0 Å². The molecule has 0 amide bonds. The van der Waals surface area contributed by atoms with Crippen LogP contribution >= 0.6 is 0 Å². The van der Waals surface area contributed by atoms with Gasteiger partial charge in [0.15, 0.2) is 0 Å². The largest absolute Gasteiger partial charge is 0.0648 e. The van der Waals surface area contributed by atoms with Gasteiger partial charge in [-0.05, 0) is 49.4 Å². The first-order chi connectivity index (χ1) is 5.31. The molecule has 0 aromatic carbocycles. The standard InChI is InChI=1S/C11H19/c1-3-8(2)11-7-9-4-5-10(11)6-9/h9-11H,3-7H2,1-2H3. The van der Waals surface area contributed by atoms with Gasteiger partial charge in [0.05, 0.1) is 0 Å². The maximum atomic E-state index is 2.37. The van der Waals surface area contributed by atoms with Gasteiger partial charge in [0.2, 0.25) is 0 Å². The normalized spacial score (nSPS) is 42.3. The summed E-state index contributed by atoms with van der Waals surface area (Å²) in [6.45, 7) is 4.67. The molecule has 3 unspecified atom stereocenters. The molecule has 63 valence electrons. The van der Waals surface area contributed by atoms with E-state index in [9.17, 15) is 0 Å². The molecule has 2 rings (SSSR count). The third kappa shape index (κ3) is 1.21. The summed E-state index contributed by atoms with van der Waals surface area (Å²) in [6.07, 6.45) is 7.48. The van der Waals surface area contributed by atoms with Gasteiger partial charge >= 0.3 is 0 Å². The fraction of sp³-hybridized carbons (Fsp3) is 0.909. The molecule has 0 heterocycles. The highest BCUT2D eigenvalue weighted by atomic mass is 14.5. The van der Waals surface area contributed by atoms with Gasteiger partial charge in [0.25, 0.3) is 0 Å². The molecule has 2 aliphatic rings. The zero-order chi connectivity index (χ0) is 7.84. The number of hydrogen-bond donors (Lipinski definition) is 0. The van der Waals surface area contributed by atoms with Crippen LogP contribution in [0.3, 0.4) is 0 Å². The summed E-state index contributed by atoms with van der Waals surface area (Å²) in [7, 11) is 0. The fourth-order valence-corrected chi connectivity index (χ4v) is 3.11. The molecule has 1 radical (unpaired) electrons. The van der Waals surface area contributed by atoms with E-state index in [0.29, 0.717) is 0 Å². The van der Waals surface area contributed by atoms with Gasteiger partial charge in [-0.1, -0.05) is 20.3 Å². The number of rotatable bonds is 2. The van der Waals surface area contributed by atoms with Crippen LogP contribution in [0, 0.1) is 23.7 Å². The molecule has 3 atom stereocenters. The predicted molar refractivity (Wildman–Crippen MR) is 48.1 cm³/mol. The van der Waals surface area contributed by atoms with Crippen molar-refractivity contribution in [2.75, 3.05) is 0 Å². The lowest BCUT2D eigenvalue weighted by molar-refractivity contribution is 0.338. The van der Waals surface area contributed by atoms with E-state index >= 15 is 0 Å². The van der Waals surface area contributed by atoms with Gasteiger partial charge in [0.1, 0.15) is 0 Å². The smallest absolute Gasteiger partial charge is 0.0241 e. The van der Waals surface area contributed by atoms with E-state index in [1.54, 1.807) is 12.3 Å². The van der Waals surface area contributed by atoms with Gasteiger partial charge in [-0.15, -0.1) is 0 Å². The van der Waals surface area contributed by atoms with Crippen molar-refractivity contribution in [3.63, 3.8) is 0 Å². The van der Waals surface area contributed by atoms with Crippen LogP contribution in [0.2, 0.25) is 0 Å². The molecule has 2 fully saturated rings. The van der Waals surface area contributed by atoms with Crippen LogP contribution < -0.4 is 0 Å². The van der Waals surface area contributed by atoms with Crippen LogP contribution in [-0.4, -0.2) is 0 Å². The van der Waals surface area contributed by atoms with E-state index in [2.05, 4.69) is 13.8 Å². The average molecular weight is 151 g/mol. The maximum absolute atomic E-state index is 2.37. The Morgan fingerprint density at radius 1 is 1.27 bits per heavy atom. The quantitative estimate of drug-likeness (QED) is 0.567. The molecule has 2 bridgehead atoms. The maximum Gasteiger partial charge on any atom is -0.0241 e. The molecule has 0 heteroatoms. The zero-order valence-corrected chi connectivity index (χ0v) is 7.77. The highest BCUT2D eigenvalue weighted by molar-refractivity contribution is 5.02. The van der Waals surface area contributed by atoms with E-state index in [1.807, 2.05) is 0 Å². The Labute approximate surface area is 70.4 Å². The molecule has 0 saturated heterocycles. The monoisotopic (exact) mass is 151 g/mol. The zero-order valence-electron chi connectivity index (χ0n) is 7.77. The summed E-state index contributed by atoms with van der Waals surface area (Å²) in [5.41, 5.74) is 0. The molecular weight excluding hydrogens is 132 g/mol. The second kappa shape index (κ2) is 2.80. The van der Waals surface area contributed by atoms with Crippen molar-refractivity contribution in [2.24, 2.45) is 17.8 Å². The van der Waals surface area contributed by atoms with Crippen molar-refractivity contribution >= 4 is 0 Å². The van der Waals surface area contributed by atoms with Gasteiger partial charge in [-0.3, -0.25) is 0 Å². The molecule has 2 aliphatic carbocycles. The number of fused-ring (bicyclic) bond motifs is 2. The summed E-state index contributed by atoms with van der Waals surface area (Å²) >= 11 is 0. The summed E-state index contributed by atoms with van der Waals surface area (Å²) in [5, 5.41) is 0. The lowest BCUT2D eigenvalue weighted by Crippen LogP contribution is -2.16. The Balaban J connectivity index is 1.96. The van der Waals surface area contributed by atoms with Crippen LogP contribution in [0.25, 0.3) is 0 Å². The Morgan fingerprint density at radius 2 is 2.09 bits per heavy atom. The summed E-state index contributed by atoms with van der Waals surface area (Å²) in [5.74, 6) is 5.02. The van der Waals surface area contributed by atoms with Crippen molar-refractivity contribution in [1.82, 2.24) is 0 Å². The predicted octanol–water partition coefficient (Wildman–Crippen LogP) is 3.43. The molecule has 0 aromatic rings. The van der Waals surface area contributed by atoms with Crippen molar-refractivity contribution in [3.8, 4) is 0 Å². The first kappa shape index (κ1) is 7.64. The van der Waals surface area contributed by atoms with Gasteiger partial charge < -0.3 is 0 Å². The van der Waals surface area contributed by atoms with Crippen molar-refractivity contribution < 1.29 is 0 Å². The molecule has 0 N–H and O–H groups in total. The van der Waals surface area contributed by atoms with E-state index in [4.69, 9.17) is 0 Å². The van der Waals surface area contributed by atoms with Gasteiger partial charge in [-0.2, -0.15) is 0 Å². The average Bonchev–Trinajstić information content (AvgIpc) is 2.62. The minimum absolute atomic E-state index is 1.03. The molecule has 11 heavy (non-hydrogen) atoms. The van der Waals surface area contributed by atoms with E-state index in [1.165, 1.54) is 25.7 Å². The second-order valence-electron chi connectivity index (χ2n) is 4.48. The van der Waals surface area contributed by atoms with Crippen LogP contribution in [-0.2, 0) is 0 Å². The molecule has 0 nitrogen and oxygen atoms in total. The van der Waals surface area contributed by atoms with Crippen molar-refractivity contribution in [2.45, 2.75) is 46.0 Å². The van der Waals surface area contributed by atoms with E-state index in [0.717, 1.165) is 17.8 Å². The Kier molecular flexibility index (Phi) is 1.95. The minimum atomic E-state index is 1.03. The van der Waals surface area contributed by atoms with Crippen LogP contribution in [0.1, 0.15) is 46.0 Å². The van der Waals surface area contributed by atoms with Crippen molar-refractivity contribution in [3.05, 3.63) is 5.92 Å². The lowest BCUT2D eigenvalue weighted by Gasteiger charge is -2.26. The van der Waals surface area contributed by atoms with Crippen molar-refractivity contribution in [1.29, 1.82) is 0 Å². The highest BCUT2D eigenvalue weighted by Crippen LogP contribution is 2.51. The Morgan fingerprint density at radius 3 is 2.55 bits per heavy atom. The molecule has 0 aromatic heterocycles. The highest BCUT2D eigenvalue weighted by Gasteiger charge is 2.41. The third-order valence-electron chi connectivity index (χ3n) is 3.93. The number of hydrogen-bond acceptors (Lipinski definition) is 0. The van der Waals surface area contributed by atoms with Crippen LogP contribution in [0.15, 0.2) is 0 Å². The van der Waals surface area contributed by atoms with E-state index in [-0.39, 0.29) is 0 Å². The topological polar surface area (TPSA) is 0 Å². The first-order valence-corrected chi connectivity index (χ1v) is 5.13. The Bertz CT molecular complexity index is 139. The first-order valence-electron chi connectivity index (χ1n) is 5.13. The molecule has 2 saturated carbocycles. The molecule has 0 aliphatic heterocycles. The fourth-order valence-electron chi connectivity index (χ4n) is 3.11. The summed E-state index contributed by atoms with van der Waals surface area (Å²) in [4.78, 5) is 0. The SMILES string of the molecule is CC[C](C)C1CC2CCC1C2. The minimum Gasteiger partial charge on any atom is -0.0648 e. The second-order valence-corrected chi connectivity index (χ2v) is 4.48. The lowest BCUT2D eigenvalue weighted by atomic mass is 9.79. The van der Waals surface area contributed by atoms with Crippen LogP contribution in [0.5, 0.6) is 0 Å². The molecule has 0 spiro atoms. The molecular formula is C11H19. The summed E-state index contributed by atoms with van der Waals surface area (Å²) in [6, 6.07) is 0.